The highest BCUT2D eigenvalue weighted by atomic mass is 32.2. The van der Waals surface area contributed by atoms with Crippen molar-refractivity contribution in [2.24, 2.45) is 0 Å². The molecule has 0 saturated heterocycles. The minimum Gasteiger partial charge on any atom is -0.495 e. The van der Waals surface area contributed by atoms with E-state index in [-0.39, 0.29) is 0 Å². The number of thioether (sulfide) groups is 1. The Morgan fingerprint density at radius 1 is 1.42 bits per heavy atom. The summed E-state index contributed by atoms with van der Waals surface area (Å²) < 4.78 is 5.26. The zero-order chi connectivity index (χ0) is 13.5. The van der Waals surface area contributed by atoms with Gasteiger partial charge in [-0.05, 0) is 31.0 Å². The average molecular weight is 280 g/mol. The number of pyridine rings is 1. The molecule has 1 atom stereocenters. The van der Waals surface area contributed by atoms with Gasteiger partial charge >= 0.3 is 0 Å². The number of hydrogen-bond donors (Lipinski definition) is 1. The summed E-state index contributed by atoms with van der Waals surface area (Å²) in [5, 5.41) is 4.42. The Labute approximate surface area is 120 Å². The number of nitrogens with one attached hydrogen (secondary N) is 1. The minimum atomic E-state index is 0.373. The smallest absolute Gasteiger partial charge is 0.137 e. The van der Waals surface area contributed by atoms with Crippen molar-refractivity contribution in [2.75, 3.05) is 19.4 Å². The zero-order valence-electron chi connectivity index (χ0n) is 11.9. The molecule has 0 aliphatic heterocycles. The van der Waals surface area contributed by atoms with Crippen LogP contribution in [0.15, 0.2) is 18.5 Å². The zero-order valence-corrected chi connectivity index (χ0v) is 12.7. The standard InChI is InChI=1S/C15H24N2OS/c1-3-17-15(11-19-14-6-4-5-7-14)12-8-13(18-2)10-16-9-12/h8-10,14-15,17H,3-7,11H2,1-2H3. The topological polar surface area (TPSA) is 34.2 Å². The third kappa shape index (κ3) is 4.39. The summed E-state index contributed by atoms with van der Waals surface area (Å²) in [7, 11) is 1.69. The van der Waals surface area contributed by atoms with Crippen LogP contribution in [-0.2, 0) is 0 Å². The SMILES string of the molecule is CCNC(CSC1CCCC1)c1cncc(OC)c1. The number of aromatic nitrogens is 1. The molecule has 1 saturated carbocycles. The molecule has 1 aromatic heterocycles. The third-order valence-corrected chi connectivity index (χ3v) is 5.09. The molecule has 19 heavy (non-hydrogen) atoms. The Balaban J connectivity index is 1.96. The van der Waals surface area contributed by atoms with E-state index in [0.29, 0.717) is 6.04 Å². The van der Waals surface area contributed by atoms with Crippen molar-refractivity contribution >= 4 is 11.8 Å². The normalized spacial score (nSPS) is 17.6. The van der Waals surface area contributed by atoms with Gasteiger partial charge in [0, 0.05) is 23.2 Å². The van der Waals surface area contributed by atoms with E-state index in [9.17, 15) is 0 Å². The second kappa shape index (κ2) is 7.75. The number of hydrogen-bond acceptors (Lipinski definition) is 4. The molecule has 106 valence electrons. The van der Waals surface area contributed by atoms with E-state index in [1.165, 1.54) is 31.2 Å². The van der Waals surface area contributed by atoms with Crippen LogP contribution in [0.1, 0.15) is 44.2 Å². The molecule has 1 fully saturated rings. The molecule has 4 heteroatoms. The van der Waals surface area contributed by atoms with Crippen LogP contribution in [0.4, 0.5) is 0 Å². The molecule has 0 amide bonds. The second-order valence-corrected chi connectivity index (χ2v) is 6.34. The Hall–Kier alpha value is -0.740. The predicted octanol–water partition coefficient (Wildman–Crippen LogP) is 3.42. The first kappa shape index (κ1) is 14.7. The maximum atomic E-state index is 5.26. The first-order chi connectivity index (χ1) is 9.33. The van der Waals surface area contributed by atoms with Gasteiger partial charge in [-0.2, -0.15) is 11.8 Å². The quantitative estimate of drug-likeness (QED) is 0.830. The molecule has 0 radical (unpaired) electrons. The molecule has 1 aliphatic rings. The van der Waals surface area contributed by atoms with Crippen molar-refractivity contribution < 1.29 is 4.74 Å². The van der Waals surface area contributed by atoms with Crippen LogP contribution in [0.25, 0.3) is 0 Å². The molecule has 1 heterocycles. The van der Waals surface area contributed by atoms with Gasteiger partial charge in [-0.1, -0.05) is 19.8 Å². The Kier molecular flexibility index (Phi) is 5.98. The minimum absolute atomic E-state index is 0.373. The Morgan fingerprint density at radius 2 is 2.21 bits per heavy atom. The maximum Gasteiger partial charge on any atom is 0.137 e. The highest BCUT2D eigenvalue weighted by Gasteiger charge is 2.18. The third-order valence-electron chi connectivity index (χ3n) is 3.62. The van der Waals surface area contributed by atoms with Crippen LogP contribution in [0.2, 0.25) is 0 Å². The van der Waals surface area contributed by atoms with E-state index in [1.54, 1.807) is 13.3 Å². The lowest BCUT2D eigenvalue weighted by Crippen LogP contribution is -2.24. The first-order valence-electron chi connectivity index (χ1n) is 7.17. The van der Waals surface area contributed by atoms with Crippen molar-refractivity contribution in [2.45, 2.75) is 43.9 Å². The summed E-state index contributed by atoms with van der Waals surface area (Å²) in [6, 6.07) is 2.47. The molecule has 0 spiro atoms. The van der Waals surface area contributed by atoms with Crippen LogP contribution < -0.4 is 10.1 Å². The fourth-order valence-electron chi connectivity index (χ4n) is 2.54. The van der Waals surface area contributed by atoms with Crippen molar-refractivity contribution in [3.63, 3.8) is 0 Å². The summed E-state index contributed by atoms with van der Waals surface area (Å²) in [6.45, 7) is 3.13. The van der Waals surface area contributed by atoms with Gasteiger partial charge in [-0.25, -0.2) is 0 Å². The van der Waals surface area contributed by atoms with E-state index < -0.39 is 0 Å². The van der Waals surface area contributed by atoms with Gasteiger partial charge in [0.15, 0.2) is 0 Å². The van der Waals surface area contributed by atoms with Crippen LogP contribution in [0, 0.1) is 0 Å². The van der Waals surface area contributed by atoms with E-state index in [1.807, 2.05) is 6.20 Å². The van der Waals surface area contributed by atoms with E-state index in [4.69, 9.17) is 4.74 Å². The molecule has 2 rings (SSSR count). The number of nitrogens with zero attached hydrogens (tertiary/aromatic N) is 1. The van der Waals surface area contributed by atoms with Crippen molar-refractivity contribution in [1.29, 1.82) is 0 Å². The highest BCUT2D eigenvalue weighted by molar-refractivity contribution is 7.99. The molecule has 0 aromatic carbocycles. The summed E-state index contributed by atoms with van der Waals surface area (Å²) in [6.07, 6.45) is 9.30. The molecule has 1 unspecified atom stereocenters. The van der Waals surface area contributed by atoms with Crippen molar-refractivity contribution in [3.05, 3.63) is 24.0 Å². The van der Waals surface area contributed by atoms with Gasteiger partial charge in [-0.3, -0.25) is 4.98 Å². The highest BCUT2D eigenvalue weighted by Crippen LogP contribution is 2.32. The first-order valence-corrected chi connectivity index (χ1v) is 8.22. The predicted molar refractivity (Wildman–Crippen MR) is 81.9 cm³/mol. The fourth-order valence-corrected chi connectivity index (χ4v) is 3.99. The van der Waals surface area contributed by atoms with E-state index >= 15 is 0 Å². The largest absolute Gasteiger partial charge is 0.495 e. The van der Waals surface area contributed by atoms with Crippen molar-refractivity contribution in [3.8, 4) is 5.75 Å². The lowest BCUT2D eigenvalue weighted by Gasteiger charge is -2.20. The molecular formula is C15H24N2OS. The number of ether oxygens (including phenoxy) is 1. The van der Waals surface area contributed by atoms with Gasteiger partial charge in [0.1, 0.15) is 5.75 Å². The molecule has 1 aromatic rings. The Bertz CT molecular complexity index is 380. The summed E-state index contributed by atoms with van der Waals surface area (Å²) in [4.78, 5) is 4.26. The van der Waals surface area contributed by atoms with Gasteiger partial charge in [0.25, 0.3) is 0 Å². The molecule has 1 N–H and O–H groups in total. The number of methoxy groups -OCH3 is 1. The average Bonchev–Trinajstić information content (AvgIpc) is 2.97. The lowest BCUT2D eigenvalue weighted by atomic mass is 10.1. The van der Waals surface area contributed by atoms with Crippen molar-refractivity contribution in [1.82, 2.24) is 10.3 Å². The molecular weight excluding hydrogens is 256 g/mol. The van der Waals surface area contributed by atoms with E-state index in [2.05, 4.69) is 35.1 Å². The fraction of sp³-hybridized carbons (Fsp3) is 0.667. The molecule has 1 aliphatic carbocycles. The Morgan fingerprint density at radius 3 is 2.89 bits per heavy atom. The summed E-state index contributed by atoms with van der Waals surface area (Å²) >= 11 is 2.11. The maximum absolute atomic E-state index is 5.26. The van der Waals surface area contributed by atoms with Crippen LogP contribution >= 0.6 is 11.8 Å². The monoisotopic (exact) mass is 280 g/mol. The second-order valence-electron chi connectivity index (χ2n) is 5.01. The van der Waals surface area contributed by atoms with Gasteiger partial charge in [0.05, 0.1) is 13.3 Å². The van der Waals surface area contributed by atoms with E-state index in [0.717, 1.165) is 23.3 Å². The number of rotatable bonds is 7. The van der Waals surface area contributed by atoms with Gasteiger partial charge in [0.2, 0.25) is 0 Å². The van der Waals surface area contributed by atoms with Crippen LogP contribution in [-0.4, -0.2) is 29.6 Å². The van der Waals surface area contributed by atoms with Crippen LogP contribution in [0.5, 0.6) is 5.75 Å². The van der Waals surface area contributed by atoms with Crippen LogP contribution in [0.3, 0.4) is 0 Å². The molecule has 0 bridgehead atoms. The lowest BCUT2D eigenvalue weighted by molar-refractivity contribution is 0.411. The summed E-state index contributed by atoms with van der Waals surface area (Å²) in [5.41, 5.74) is 1.23. The van der Waals surface area contributed by atoms with Gasteiger partial charge < -0.3 is 10.1 Å². The van der Waals surface area contributed by atoms with Gasteiger partial charge in [-0.15, -0.1) is 0 Å². The molecule has 3 nitrogen and oxygen atoms in total. The summed E-state index contributed by atoms with van der Waals surface area (Å²) in [5.74, 6) is 1.96.